The number of hydrogen-bond acceptors (Lipinski definition) is 2. The van der Waals surface area contributed by atoms with Crippen LogP contribution in [0.1, 0.15) is 18.4 Å². The van der Waals surface area contributed by atoms with Gasteiger partial charge in [-0.2, -0.15) is 0 Å². The van der Waals surface area contributed by atoms with Gasteiger partial charge in [-0.15, -0.1) is 0 Å². The Bertz CT molecular complexity index is 488. The Hall–Kier alpha value is -1.09. The lowest BCUT2D eigenvalue weighted by Gasteiger charge is -1.98. The summed E-state index contributed by atoms with van der Waals surface area (Å²) in [6.07, 6.45) is 0.766. The predicted octanol–water partition coefficient (Wildman–Crippen LogP) is 2.47. The van der Waals surface area contributed by atoms with Crippen LogP contribution in [0, 0.1) is 14.0 Å². The van der Waals surface area contributed by atoms with Gasteiger partial charge in [0.25, 0.3) is 0 Å². The molecular formula is C10H10ClN3. The highest BCUT2D eigenvalue weighted by Crippen LogP contribution is 2.23. The molecule has 2 aromatic heterocycles. The lowest BCUT2D eigenvalue weighted by Crippen LogP contribution is -1.94. The van der Waals surface area contributed by atoms with Crippen molar-refractivity contribution in [1.29, 1.82) is 0 Å². The Kier molecular flexibility index (Phi) is 2.19. The molecule has 0 aliphatic carbocycles. The number of pyridine rings is 1. The van der Waals surface area contributed by atoms with Crippen molar-refractivity contribution in [2.75, 3.05) is 0 Å². The van der Waals surface area contributed by atoms with Crippen molar-refractivity contribution in [2.24, 2.45) is 0 Å². The van der Waals surface area contributed by atoms with Gasteiger partial charge in [0.15, 0.2) is 5.65 Å². The van der Waals surface area contributed by atoms with Crippen molar-refractivity contribution >= 4 is 22.8 Å². The molecule has 0 saturated heterocycles. The summed E-state index contributed by atoms with van der Waals surface area (Å²) in [4.78, 5) is 8.61. The molecule has 2 aromatic rings. The van der Waals surface area contributed by atoms with E-state index >= 15 is 0 Å². The summed E-state index contributed by atoms with van der Waals surface area (Å²) in [6, 6.07) is 1.79. The first kappa shape index (κ1) is 9.46. The van der Waals surface area contributed by atoms with E-state index in [0.29, 0.717) is 16.2 Å². The Labute approximate surface area is 87.7 Å². The molecule has 0 amide bonds. The summed E-state index contributed by atoms with van der Waals surface area (Å²) in [7, 11) is 5.82. The van der Waals surface area contributed by atoms with Gasteiger partial charge in [0.2, 0.25) is 0 Å². The third-order valence-corrected chi connectivity index (χ3v) is 2.41. The minimum Gasteiger partial charge on any atom is -0.305 e. The Morgan fingerprint density at radius 2 is 2.21 bits per heavy atom. The van der Waals surface area contributed by atoms with Gasteiger partial charge in [-0.3, -0.25) is 0 Å². The fraction of sp³-hybridized carbons (Fsp3) is 0.300. The number of imidazole rings is 1. The minimum atomic E-state index is 0.603. The van der Waals surface area contributed by atoms with Gasteiger partial charge in [-0.05, 0) is 13.0 Å². The largest absolute Gasteiger partial charge is 0.305 e. The number of hydrogen-bond donors (Lipinski definition) is 0. The molecule has 0 aliphatic rings. The summed E-state index contributed by atoms with van der Waals surface area (Å²) in [5.74, 6) is 0.792. The molecule has 0 atom stereocenters. The van der Waals surface area contributed by atoms with Crippen molar-refractivity contribution in [3.05, 3.63) is 29.7 Å². The predicted molar refractivity (Wildman–Crippen MR) is 56.4 cm³/mol. The summed E-state index contributed by atoms with van der Waals surface area (Å²) in [5.41, 5.74) is 2.17. The van der Waals surface area contributed by atoms with Crippen molar-refractivity contribution in [3.8, 4) is 0 Å². The quantitative estimate of drug-likeness (QED) is 0.719. The Morgan fingerprint density at radius 3 is 2.86 bits per heavy atom. The maximum atomic E-state index is 6.03. The molecule has 72 valence electrons. The number of aryl methyl sites for hydroxylation is 2. The number of halogens is 1. The lowest BCUT2D eigenvalue weighted by molar-refractivity contribution is 0.898. The topological polar surface area (TPSA) is 30.7 Å². The van der Waals surface area contributed by atoms with Crippen LogP contribution >= 0.6 is 11.6 Å². The van der Waals surface area contributed by atoms with Crippen LogP contribution in [0.25, 0.3) is 11.2 Å². The van der Waals surface area contributed by atoms with E-state index in [1.54, 1.807) is 6.07 Å². The molecule has 14 heavy (non-hydrogen) atoms. The van der Waals surface area contributed by atoms with E-state index in [-0.39, 0.29) is 0 Å². The standard InChI is InChI=1S/C10H10ClN3/c1-4-8-13-9-7(11)5-6(2)12-10(9)14(8)3/h3,5H,4H2,1-2H3. The van der Waals surface area contributed by atoms with Crippen LogP contribution in [-0.2, 0) is 6.42 Å². The van der Waals surface area contributed by atoms with E-state index < -0.39 is 0 Å². The van der Waals surface area contributed by atoms with Crippen LogP contribution < -0.4 is 0 Å². The van der Waals surface area contributed by atoms with E-state index in [1.165, 1.54) is 4.57 Å². The first-order valence-corrected chi connectivity index (χ1v) is 4.80. The molecular weight excluding hydrogens is 198 g/mol. The zero-order valence-electron chi connectivity index (χ0n) is 8.08. The zero-order chi connectivity index (χ0) is 10.3. The molecule has 2 rings (SSSR count). The van der Waals surface area contributed by atoms with Crippen LogP contribution in [0.5, 0.6) is 0 Å². The molecule has 0 unspecified atom stereocenters. The highest BCUT2D eigenvalue weighted by molar-refractivity contribution is 6.34. The maximum absolute atomic E-state index is 6.03. The van der Waals surface area contributed by atoms with Gasteiger partial charge in [0.1, 0.15) is 11.3 Å². The van der Waals surface area contributed by atoms with Gasteiger partial charge < -0.3 is 4.57 Å². The second kappa shape index (κ2) is 3.24. The number of rotatable bonds is 1. The van der Waals surface area contributed by atoms with Gasteiger partial charge in [0, 0.05) is 12.1 Å². The van der Waals surface area contributed by atoms with Gasteiger partial charge in [-0.1, -0.05) is 18.5 Å². The maximum Gasteiger partial charge on any atom is 0.162 e. The van der Waals surface area contributed by atoms with Crippen molar-refractivity contribution in [3.63, 3.8) is 0 Å². The molecule has 2 radical (unpaired) electrons. The lowest BCUT2D eigenvalue weighted by atomic mass is 10.3. The molecule has 0 aliphatic heterocycles. The second-order valence-corrected chi connectivity index (χ2v) is 3.58. The van der Waals surface area contributed by atoms with Gasteiger partial charge in [-0.25, -0.2) is 9.97 Å². The molecule has 3 nitrogen and oxygen atoms in total. The van der Waals surface area contributed by atoms with Crippen LogP contribution in [0.4, 0.5) is 0 Å². The molecule has 0 saturated carbocycles. The summed E-state index contributed by atoms with van der Waals surface area (Å²) >= 11 is 6.03. The van der Waals surface area contributed by atoms with Gasteiger partial charge >= 0.3 is 0 Å². The van der Waals surface area contributed by atoms with E-state index in [9.17, 15) is 0 Å². The van der Waals surface area contributed by atoms with Crippen molar-refractivity contribution in [1.82, 2.24) is 14.5 Å². The minimum absolute atomic E-state index is 0.603. The molecule has 0 N–H and O–H groups in total. The fourth-order valence-corrected chi connectivity index (χ4v) is 1.72. The third kappa shape index (κ3) is 1.28. The average molecular weight is 208 g/mol. The molecule has 0 bridgehead atoms. The first-order chi connectivity index (χ1) is 6.63. The van der Waals surface area contributed by atoms with Crippen LogP contribution in [0.3, 0.4) is 0 Å². The number of fused-ring (bicyclic) bond motifs is 1. The van der Waals surface area contributed by atoms with E-state index in [4.69, 9.17) is 18.6 Å². The van der Waals surface area contributed by atoms with Crippen LogP contribution in [0.2, 0.25) is 5.02 Å². The summed E-state index contributed by atoms with van der Waals surface area (Å²) < 4.78 is 1.49. The first-order valence-electron chi connectivity index (χ1n) is 4.43. The van der Waals surface area contributed by atoms with Crippen molar-refractivity contribution < 1.29 is 0 Å². The number of aromatic nitrogens is 3. The molecule has 2 heterocycles. The molecule has 0 aromatic carbocycles. The average Bonchev–Trinajstić information content (AvgIpc) is 2.44. The number of nitrogens with zero attached hydrogens (tertiary/aromatic N) is 3. The third-order valence-electron chi connectivity index (χ3n) is 2.12. The monoisotopic (exact) mass is 207 g/mol. The van der Waals surface area contributed by atoms with Crippen LogP contribution in [-0.4, -0.2) is 14.5 Å². The normalized spacial score (nSPS) is 11.1. The molecule has 0 fully saturated rings. The highest BCUT2D eigenvalue weighted by atomic mass is 35.5. The smallest absolute Gasteiger partial charge is 0.162 e. The second-order valence-electron chi connectivity index (χ2n) is 3.17. The van der Waals surface area contributed by atoms with Crippen LogP contribution in [0.15, 0.2) is 6.07 Å². The Balaban J connectivity index is 2.85. The Morgan fingerprint density at radius 1 is 1.50 bits per heavy atom. The highest BCUT2D eigenvalue weighted by Gasteiger charge is 2.11. The SMILES string of the molecule is [CH]n1c(CC)nc2c(Cl)cc(C)nc21. The summed E-state index contributed by atoms with van der Waals surface area (Å²) in [5, 5.41) is 0.603. The molecule has 4 heteroatoms. The zero-order valence-corrected chi connectivity index (χ0v) is 8.84. The summed E-state index contributed by atoms with van der Waals surface area (Å²) in [6.45, 7) is 3.87. The van der Waals surface area contributed by atoms with E-state index in [0.717, 1.165) is 17.9 Å². The van der Waals surface area contributed by atoms with E-state index in [2.05, 4.69) is 9.97 Å². The van der Waals surface area contributed by atoms with Gasteiger partial charge in [0.05, 0.1) is 12.1 Å². The fourth-order valence-electron chi connectivity index (χ4n) is 1.44. The van der Waals surface area contributed by atoms with Crippen molar-refractivity contribution in [2.45, 2.75) is 20.3 Å². The molecule has 0 spiro atoms. The van der Waals surface area contributed by atoms with E-state index in [1.807, 2.05) is 13.8 Å².